The molecule has 0 radical (unpaired) electrons. The van der Waals surface area contributed by atoms with Gasteiger partial charge in [0, 0.05) is 18.5 Å². The van der Waals surface area contributed by atoms with Gasteiger partial charge >= 0.3 is 5.97 Å². The molecule has 1 unspecified atom stereocenters. The van der Waals surface area contributed by atoms with Crippen LogP contribution in [0.4, 0.5) is 0 Å². The lowest BCUT2D eigenvalue weighted by Crippen LogP contribution is -2.39. The number of hydrogen-bond donors (Lipinski definition) is 1. The Balaban J connectivity index is 1.48. The van der Waals surface area contributed by atoms with Crippen molar-refractivity contribution in [2.45, 2.75) is 26.2 Å². The third kappa shape index (κ3) is 2.31. The third-order valence-corrected chi connectivity index (χ3v) is 5.42. The summed E-state index contributed by atoms with van der Waals surface area (Å²) in [6.45, 7) is 3.23. The lowest BCUT2D eigenvalue weighted by atomic mass is 9.90. The molecule has 1 saturated carbocycles. The Labute approximate surface area is 133 Å². The summed E-state index contributed by atoms with van der Waals surface area (Å²) in [6, 6.07) is 7.65. The molecule has 1 aromatic heterocycles. The molecule has 23 heavy (non-hydrogen) atoms. The molecular weight excluding hydrogens is 294 g/mol. The summed E-state index contributed by atoms with van der Waals surface area (Å²) < 4.78 is 5.68. The van der Waals surface area contributed by atoms with Crippen LogP contribution in [0.5, 0.6) is 0 Å². The fourth-order valence-corrected chi connectivity index (χ4v) is 3.83. The first-order valence-electron chi connectivity index (χ1n) is 8.01. The molecule has 1 saturated heterocycles. The number of carbonyl (C=O) groups excluding carboxylic acids is 1. The van der Waals surface area contributed by atoms with Crippen LogP contribution in [-0.4, -0.2) is 35.0 Å². The number of carbonyl (C=O) groups is 2. The predicted molar refractivity (Wildman–Crippen MR) is 84.3 cm³/mol. The van der Waals surface area contributed by atoms with Gasteiger partial charge in [0.25, 0.3) is 5.91 Å². The van der Waals surface area contributed by atoms with Crippen LogP contribution in [0, 0.1) is 18.3 Å². The minimum Gasteiger partial charge on any atom is -0.481 e. The number of rotatable bonds is 2. The average molecular weight is 313 g/mol. The quantitative estimate of drug-likeness (QED) is 0.925. The number of fused-ring (bicyclic) bond motifs is 1. The molecule has 120 valence electrons. The van der Waals surface area contributed by atoms with E-state index in [0.717, 1.165) is 35.8 Å². The average Bonchev–Trinajstić information content (AvgIpc) is 3.06. The number of furan rings is 1. The first-order chi connectivity index (χ1) is 11.0. The number of piperidine rings is 1. The summed E-state index contributed by atoms with van der Waals surface area (Å²) in [5.74, 6) is -0.639. The molecule has 2 aromatic rings. The highest BCUT2D eigenvalue weighted by atomic mass is 16.4. The Hall–Kier alpha value is -2.30. The molecule has 0 bridgehead atoms. The number of nitrogens with zero attached hydrogens (tertiary/aromatic N) is 1. The molecule has 1 amide bonds. The largest absolute Gasteiger partial charge is 0.481 e. The highest BCUT2D eigenvalue weighted by Gasteiger charge is 2.59. The third-order valence-electron chi connectivity index (χ3n) is 5.42. The molecule has 4 rings (SSSR count). The minimum atomic E-state index is -0.697. The van der Waals surface area contributed by atoms with Crippen molar-refractivity contribution in [3.05, 3.63) is 35.6 Å². The minimum absolute atomic E-state index is 0.0619. The van der Waals surface area contributed by atoms with E-state index in [9.17, 15) is 9.59 Å². The van der Waals surface area contributed by atoms with Crippen LogP contribution in [0.2, 0.25) is 0 Å². The van der Waals surface area contributed by atoms with E-state index in [4.69, 9.17) is 9.52 Å². The molecule has 1 N–H and O–H groups in total. The van der Waals surface area contributed by atoms with Crippen LogP contribution in [0.1, 0.15) is 35.4 Å². The molecule has 2 heterocycles. The first kappa shape index (κ1) is 14.3. The normalized spacial score (nSPS) is 22.5. The van der Waals surface area contributed by atoms with Gasteiger partial charge in [-0.05, 0) is 49.8 Å². The second-order valence-electron chi connectivity index (χ2n) is 6.90. The molecule has 1 aromatic carbocycles. The zero-order valence-corrected chi connectivity index (χ0v) is 13.0. The molecule has 2 aliphatic rings. The fourth-order valence-electron chi connectivity index (χ4n) is 3.83. The number of aryl methyl sites for hydroxylation is 1. The number of carboxylic acids is 1. The fraction of sp³-hybridized carbons (Fsp3) is 0.444. The Morgan fingerprint density at radius 1 is 1.26 bits per heavy atom. The molecular formula is C18H19NO4. The van der Waals surface area contributed by atoms with E-state index in [2.05, 4.69) is 0 Å². The van der Waals surface area contributed by atoms with E-state index in [1.807, 2.05) is 25.1 Å². The zero-order valence-electron chi connectivity index (χ0n) is 13.0. The Kier molecular flexibility index (Phi) is 3.01. The second-order valence-corrected chi connectivity index (χ2v) is 6.90. The first-order valence-corrected chi connectivity index (χ1v) is 8.01. The van der Waals surface area contributed by atoms with Gasteiger partial charge in [0.15, 0.2) is 5.76 Å². The Morgan fingerprint density at radius 3 is 2.65 bits per heavy atom. The van der Waals surface area contributed by atoms with Crippen molar-refractivity contribution < 1.29 is 19.1 Å². The van der Waals surface area contributed by atoms with Gasteiger partial charge in [0.05, 0.1) is 5.92 Å². The van der Waals surface area contributed by atoms with Crippen molar-refractivity contribution in [3.8, 4) is 0 Å². The smallest absolute Gasteiger partial charge is 0.307 e. The highest BCUT2D eigenvalue weighted by Crippen LogP contribution is 2.59. The standard InChI is InChI=1S/C18H19NO4/c1-11-2-3-14-12(8-11)9-15(23-14)16(20)19-6-4-18(5-7-19)10-13(18)17(21)22/h2-3,8-9,13H,4-7,10H2,1H3,(H,21,22). The van der Waals surface area contributed by atoms with E-state index in [1.165, 1.54) is 0 Å². The molecule has 1 spiro atoms. The number of carboxylic acid groups (broad SMARTS) is 1. The van der Waals surface area contributed by atoms with Gasteiger partial charge in [-0.25, -0.2) is 0 Å². The van der Waals surface area contributed by atoms with Crippen LogP contribution in [0.3, 0.4) is 0 Å². The van der Waals surface area contributed by atoms with Gasteiger partial charge in [-0.15, -0.1) is 0 Å². The number of likely N-dealkylation sites (tertiary alicyclic amines) is 1. The molecule has 1 aliphatic carbocycles. The second kappa shape index (κ2) is 4.85. The summed E-state index contributed by atoms with van der Waals surface area (Å²) in [7, 11) is 0. The van der Waals surface area contributed by atoms with Crippen LogP contribution in [0.15, 0.2) is 28.7 Å². The number of benzene rings is 1. The predicted octanol–water partition coefficient (Wildman–Crippen LogP) is 3.07. The van der Waals surface area contributed by atoms with E-state index in [0.29, 0.717) is 18.8 Å². The SMILES string of the molecule is Cc1ccc2oc(C(=O)N3CCC4(CC3)CC4C(=O)O)cc2c1. The number of aliphatic carboxylic acids is 1. The Morgan fingerprint density at radius 2 is 2.00 bits per heavy atom. The van der Waals surface area contributed by atoms with Crippen molar-refractivity contribution in [3.63, 3.8) is 0 Å². The summed E-state index contributed by atoms with van der Waals surface area (Å²) in [5, 5.41) is 10.1. The van der Waals surface area contributed by atoms with Crippen molar-refractivity contribution in [2.75, 3.05) is 13.1 Å². The van der Waals surface area contributed by atoms with Crippen molar-refractivity contribution in [1.29, 1.82) is 0 Å². The maximum Gasteiger partial charge on any atom is 0.307 e. The van der Waals surface area contributed by atoms with Gasteiger partial charge in [0.1, 0.15) is 5.58 Å². The van der Waals surface area contributed by atoms with E-state index in [-0.39, 0.29) is 17.2 Å². The maximum atomic E-state index is 12.6. The van der Waals surface area contributed by atoms with E-state index in [1.54, 1.807) is 11.0 Å². The van der Waals surface area contributed by atoms with Crippen LogP contribution < -0.4 is 0 Å². The number of hydrogen-bond acceptors (Lipinski definition) is 3. The molecule has 5 heteroatoms. The van der Waals surface area contributed by atoms with E-state index >= 15 is 0 Å². The van der Waals surface area contributed by atoms with E-state index < -0.39 is 5.97 Å². The molecule has 1 aliphatic heterocycles. The summed E-state index contributed by atoms with van der Waals surface area (Å²) in [4.78, 5) is 25.5. The van der Waals surface area contributed by atoms with Crippen LogP contribution in [0.25, 0.3) is 11.0 Å². The summed E-state index contributed by atoms with van der Waals surface area (Å²) in [6.07, 6.45) is 2.30. The summed E-state index contributed by atoms with van der Waals surface area (Å²) >= 11 is 0. The monoisotopic (exact) mass is 313 g/mol. The van der Waals surface area contributed by atoms with Gasteiger partial charge in [-0.2, -0.15) is 0 Å². The van der Waals surface area contributed by atoms with Crippen molar-refractivity contribution in [1.82, 2.24) is 4.90 Å². The van der Waals surface area contributed by atoms with Gasteiger partial charge in [0.2, 0.25) is 0 Å². The lowest BCUT2D eigenvalue weighted by molar-refractivity contribution is -0.139. The number of amides is 1. The lowest BCUT2D eigenvalue weighted by Gasteiger charge is -2.32. The Bertz CT molecular complexity index is 798. The molecule has 2 fully saturated rings. The van der Waals surface area contributed by atoms with Crippen molar-refractivity contribution >= 4 is 22.8 Å². The molecule has 1 atom stereocenters. The maximum absolute atomic E-state index is 12.6. The topological polar surface area (TPSA) is 70.8 Å². The highest BCUT2D eigenvalue weighted by molar-refractivity contribution is 5.96. The molecule has 5 nitrogen and oxygen atoms in total. The summed E-state index contributed by atoms with van der Waals surface area (Å²) in [5.41, 5.74) is 1.79. The van der Waals surface area contributed by atoms with Crippen LogP contribution in [-0.2, 0) is 4.79 Å². The van der Waals surface area contributed by atoms with Crippen molar-refractivity contribution in [2.24, 2.45) is 11.3 Å². The van der Waals surface area contributed by atoms with Gasteiger partial charge in [-0.1, -0.05) is 11.6 Å². The van der Waals surface area contributed by atoms with Crippen LogP contribution >= 0.6 is 0 Å². The van der Waals surface area contributed by atoms with Gasteiger partial charge < -0.3 is 14.4 Å². The zero-order chi connectivity index (χ0) is 16.2. The van der Waals surface area contributed by atoms with Gasteiger partial charge in [-0.3, -0.25) is 9.59 Å².